The topological polar surface area (TPSA) is 49.6 Å². The highest BCUT2D eigenvalue weighted by Crippen LogP contribution is 2.17. The van der Waals surface area contributed by atoms with Crippen LogP contribution < -0.4 is 10.6 Å². The summed E-state index contributed by atoms with van der Waals surface area (Å²) in [7, 11) is 3.79. The molecule has 0 heterocycles. The lowest BCUT2D eigenvalue weighted by Gasteiger charge is -2.23. The van der Waals surface area contributed by atoms with Crippen molar-refractivity contribution < 1.29 is 4.79 Å². The van der Waals surface area contributed by atoms with Gasteiger partial charge in [-0.15, -0.1) is 0 Å². The van der Waals surface area contributed by atoms with Crippen LogP contribution in [0.3, 0.4) is 0 Å². The van der Waals surface area contributed by atoms with Gasteiger partial charge < -0.3 is 15.5 Å². The predicted octanol–water partition coefficient (Wildman–Crippen LogP) is 1.96. The van der Waals surface area contributed by atoms with Crippen LogP contribution in [0.2, 0.25) is 0 Å². The maximum Gasteiger partial charge on any atom is 0.224 e. The Labute approximate surface area is 126 Å². The molecular formula is C15H23N3OS. The van der Waals surface area contributed by atoms with Crippen molar-refractivity contribution in [3.05, 3.63) is 29.8 Å². The molecule has 0 aliphatic rings. The molecule has 0 aliphatic heterocycles. The van der Waals surface area contributed by atoms with E-state index < -0.39 is 0 Å². The highest BCUT2D eigenvalue weighted by molar-refractivity contribution is 7.80. The number of benzene rings is 1. The van der Waals surface area contributed by atoms with Gasteiger partial charge in [-0.3, -0.25) is 4.79 Å². The molecule has 0 radical (unpaired) electrons. The number of nitrogens with two attached hydrogens (primary N) is 1. The van der Waals surface area contributed by atoms with Crippen molar-refractivity contribution in [1.82, 2.24) is 4.90 Å². The first-order valence-electron chi connectivity index (χ1n) is 6.71. The number of carbonyl (C=O) groups is 1. The number of para-hydroxylation sites is 1. The van der Waals surface area contributed by atoms with Crippen LogP contribution in [0.5, 0.6) is 0 Å². The van der Waals surface area contributed by atoms with Crippen LogP contribution in [0.25, 0.3) is 0 Å². The normalized spacial score (nSPS) is 10.2. The van der Waals surface area contributed by atoms with Crippen molar-refractivity contribution in [3.63, 3.8) is 0 Å². The molecule has 110 valence electrons. The van der Waals surface area contributed by atoms with Gasteiger partial charge in [-0.2, -0.15) is 0 Å². The number of aryl methyl sites for hydroxylation is 1. The smallest absolute Gasteiger partial charge is 0.224 e. The molecule has 0 aliphatic carbocycles. The zero-order valence-electron chi connectivity index (χ0n) is 12.4. The van der Waals surface area contributed by atoms with Gasteiger partial charge in [0.1, 0.15) is 0 Å². The lowest BCUT2D eigenvalue weighted by molar-refractivity contribution is -0.129. The van der Waals surface area contributed by atoms with E-state index in [1.165, 1.54) is 5.56 Å². The number of nitrogens with zero attached hydrogens (tertiary/aromatic N) is 2. The summed E-state index contributed by atoms with van der Waals surface area (Å²) >= 11 is 4.82. The van der Waals surface area contributed by atoms with Crippen LogP contribution in [-0.2, 0) is 4.79 Å². The summed E-state index contributed by atoms with van der Waals surface area (Å²) in [4.78, 5) is 16.2. The quantitative estimate of drug-likeness (QED) is 0.781. The van der Waals surface area contributed by atoms with Crippen molar-refractivity contribution in [1.29, 1.82) is 0 Å². The molecule has 1 rings (SSSR count). The number of hydrogen-bond donors (Lipinski definition) is 1. The van der Waals surface area contributed by atoms with E-state index in [0.29, 0.717) is 30.9 Å². The molecule has 0 atom stereocenters. The van der Waals surface area contributed by atoms with Gasteiger partial charge in [-0.1, -0.05) is 30.4 Å². The van der Waals surface area contributed by atoms with Crippen molar-refractivity contribution in [3.8, 4) is 0 Å². The number of hydrogen-bond acceptors (Lipinski definition) is 3. The molecule has 0 unspecified atom stereocenters. The number of rotatable bonds is 7. The fraction of sp³-hybridized carbons (Fsp3) is 0.467. The monoisotopic (exact) mass is 293 g/mol. The zero-order chi connectivity index (χ0) is 15.1. The van der Waals surface area contributed by atoms with E-state index in [1.54, 1.807) is 11.9 Å². The van der Waals surface area contributed by atoms with Crippen molar-refractivity contribution in [2.24, 2.45) is 5.73 Å². The second-order valence-electron chi connectivity index (χ2n) is 4.99. The minimum atomic E-state index is 0.113. The van der Waals surface area contributed by atoms with Crippen LogP contribution in [-0.4, -0.2) is 43.0 Å². The molecule has 4 nitrogen and oxygen atoms in total. The van der Waals surface area contributed by atoms with Gasteiger partial charge in [0.15, 0.2) is 0 Å². The third-order valence-corrected chi connectivity index (χ3v) is 3.51. The second-order valence-corrected chi connectivity index (χ2v) is 5.51. The highest BCUT2D eigenvalue weighted by Gasteiger charge is 2.11. The molecule has 0 bridgehead atoms. The van der Waals surface area contributed by atoms with Gasteiger partial charge in [-0.25, -0.2) is 0 Å². The molecule has 0 saturated heterocycles. The number of carbonyl (C=O) groups excluding carboxylic acids is 1. The molecule has 1 aromatic rings. The van der Waals surface area contributed by atoms with Crippen LogP contribution >= 0.6 is 12.2 Å². The van der Waals surface area contributed by atoms with Gasteiger partial charge in [0.2, 0.25) is 5.91 Å². The maximum absolute atomic E-state index is 12.0. The Bertz CT molecular complexity index is 476. The Morgan fingerprint density at radius 1 is 1.20 bits per heavy atom. The molecule has 0 spiro atoms. The summed E-state index contributed by atoms with van der Waals surface area (Å²) in [5.41, 5.74) is 7.81. The van der Waals surface area contributed by atoms with Gasteiger partial charge >= 0.3 is 0 Å². The van der Waals surface area contributed by atoms with E-state index in [1.807, 2.05) is 19.2 Å². The molecule has 5 heteroatoms. The fourth-order valence-corrected chi connectivity index (χ4v) is 2.06. The molecule has 0 aromatic heterocycles. The molecular weight excluding hydrogens is 270 g/mol. The highest BCUT2D eigenvalue weighted by atomic mass is 32.1. The van der Waals surface area contributed by atoms with Gasteiger partial charge in [0.25, 0.3) is 0 Å². The average Bonchev–Trinajstić information content (AvgIpc) is 2.42. The Morgan fingerprint density at radius 3 is 2.45 bits per heavy atom. The van der Waals surface area contributed by atoms with Gasteiger partial charge in [0.05, 0.1) is 4.99 Å². The summed E-state index contributed by atoms with van der Waals surface area (Å²) in [6.45, 7) is 3.35. The summed E-state index contributed by atoms with van der Waals surface area (Å²) in [6.07, 6.45) is 1.06. The maximum atomic E-state index is 12.0. The van der Waals surface area contributed by atoms with E-state index in [0.717, 1.165) is 5.69 Å². The minimum Gasteiger partial charge on any atom is -0.393 e. The number of anilines is 1. The Hall–Kier alpha value is -1.62. The minimum absolute atomic E-state index is 0.113. The van der Waals surface area contributed by atoms with E-state index in [2.05, 4.69) is 24.0 Å². The molecule has 2 N–H and O–H groups in total. The third kappa shape index (κ3) is 5.17. The first-order valence-corrected chi connectivity index (χ1v) is 7.11. The van der Waals surface area contributed by atoms with Gasteiger partial charge in [-0.05, 0) is 18.6 Å². The standard InChI is InChI=1S/C15H23N3OS/c1-12-6-4-5-7-13(12)17(2)11-9-15(19)18(3)10-8-14(16)20/h4-7H,8-11H2,1-3H3,(H2,16,20). The van der Waals surface area contributed by atoms with Gasteiger partial charge in [0, 0.05) is 45.7 Å². The van der Waals surface area contributed by atoms with E-state index in [4.69, 9.17) is 18.0 Å². The molecule has 1 aromatic carbocycles. The van der Waals surface area contributed by atoms with Crippen molar-refractivity contribution in [2.45, 2.75) is 19.8 Å². The Morgan fingerprint density at radius 2 is 1.85 bits per heavy atom. The summed E-state index contributed by atoms with van der Waals surface area (Å²) in [6, 6.07) is 8.16. The summed E-state index contributed by atoms with van der Waals surface area (Å²) < 4.78 is 0. The van der Waals surface area contributed by atoms with Crippen LogP contribution in [0, 0.1) is 6.92 Å². The van der Waals surface area contributed by atoms with Crippen LogP contribution in [0.15, 0.2) is 24.3 Å². The van der Waals surface area contributed by atoms with Crippen molar-refractivity contribution in [2.75, 3.05) is 32.1 Å². The second kappa shape index (κ2) is 7.85. The molecule has 0 fully saturated rings. The van der Waals surface area contributed by atoms with E-state index in [9.17, 15) is 4.79 Å². The average molecular weight is 293 g/mol. The van der Waals surface area contributed by atoms with Crippen molar-refractivity contribution >= 4 is 28.8 Å². The SMILES string of the molecule is Cc1ccccc1N(C)CCC(=O)N(C)CCC(N)=S. The molecule has 20 heavy (non-hydrogen) atoms. The first kappa shape index (κ1) is 16.4. The number of amides is 1. The number of thiocarbonyl (C=S) groups is 1. The first-order chi connectivity index (χ1) is 9.41. The predicted molar refractivity (Wildman–Crippen MR) is 88.1 cm³/mol. The van der Waals surface area contributed by atoms with E-state index >= 15 is 0 Å². The Kier molecular flexibility index (Phi) is 6.45. The van der Waals surface area contributed by atoms with E-state index in [-0.39, 0.29) is 5.91 Å². The summed E-state index contributed by atoms with van der Waals surface area (Å²) in [5.74, 6) is 0.113. The summed E-state index contributed by atoms with van der Waals surface area (Å²) in [5, 5.41) is 0. The van der Waals surface area contributed by atoms with Crippen LogP contribution in [0.4, 0.5) is 5.69 Å². The molecule has 1 amide bonds. The third-order valence-electron chi connectivity index (χ3n) is 3.31. The lowest BCUT2D eigenvalue weighted by atomic mass is 10.2. The fourth-order valence-electron chi connectivity index (χ4n) is 1.97. The Balaban J connectivity index is 2.44. The molecule has 0 saturated carbocycles. The largest absolute Gasteiger partial charge is 0.393 e. The zero-order valence-corrected chi connectivity index (χ0v) is 13.2. The van der Waals surface area contributed by atoms with Crippen LogP contribution in [0.1, 0.15) is 18.4 Å². The lowest BCUT2D eigenvalue weighted by Crippen LogP contribution is -2.32.